The molecule has 0 saturated carbocycles. The third-order valence-electron chi connectivity index (χ3n) is 2.37. The Bertz CT molecular complexity index is 479. The van der Waals surface area contributed by atoms with Crippen LogP contribution in [0.1, 0.15) is 6.92 Å². The Kier molecular flexibility index (Phi) is 1.73. The lowest BCUT2D eigenvalue weighted by Gasteiger charge is -2.19. The predicted octanol–water partition coefficient (Wildman–Crippen LogP) is 1.57. The van der Waals surface area contributed by atoms with Crippen molar-refractivity contribution in [3.8, 4) is 0 Å². The summed E-state index contributed by atoms with van der Waals surface area (Å²) in [6.07, 6.45) is 3.36. The maximum absolute atomic E-state index is 4.49. The van der Waals surface area contributed by atoms with E-state index in [2.05, 4.69) is 26.4 Å². The van der Waals surface area contributed by atoms with Gasteiger partial charge in [-0.1, -0.05) is 18.7 Å². The Morgan fingerprint density at radius 2 is 2.50 bits per heavy atom. The lowest BCUT2D eigenvalue weighted by molar-refractivity contribution is 0.492. The molecule has 3 rings (SSSR count). The number of hydrogen-bond donors (Lipinski definition) is 0. The largest absolute Gasteiger partial charge is 0.303 e. The number of hydrogen-bond acceptors (Lipinski definition) is 4. The van der Waals surface area contributed by atoms with Crippen molar-refractivity contribution in [3.63, 3.8) is 0 Å². The summed E-state index contributed by atoms with van der Waals surface area (Å²) in [5.74, 6) is 1.84. The highest BCUT2D eigenvalue weighted by atomic mass is 32.2. The molecule has 4 nitrogen and oxygen atoms in total. The van der Waals surface area contributed by atoms with Crippen LogP contribution in [-0.4, -0.2) is 25.3 Å². The van der Waals surface area contributed by atoms with E-state index in [0.717, 1.165) is 28.6 Å². The Morgan fingerprint density at radius 3 is 3.43 bits per heavy atom. The molecule has 0 spiro atoms. The van der Waals surface area contributed by atoms with Crippen LogP contribution in [0.25, 0.3) is 11.2 Å². The average Bonchev–Trinajstić information content (AvgIpc) is 2.56. The molecule has 2 aromatic rings. The van der Waals surface area contributed by atoms with Gasteiger partial charge >= 0.3 is 0 Å². The third kappa shape index (κ3) is 1.12. The second kappa shape index (κ2) is 2.95. The van der Waals surface area contributed by atoms with Crippen LogP contribution in [0.5, 0.6) is 0 Å². The van der Waals surface area contributed by atoms with E-state index in [0.29, 0.717) is 5.92 Å². The van der Waals surface area contributed by atoms with Crippen LogP contribution in [0.4, 0.5) is 0 Å². The topological polar surface area (TPSA) is 43.6 Å². The minimum atomic E-state index is 0.694. The number of rotatable bonds is 0. The molecule has 14 heavy (non-hydrogen) atoms. The predicted molar refractivity (Wildman–Crippen MR) is 55.2 cm³/mol. The Labute approximate surface area is 85.8 Å². The standard InChI is InChI=1S/C9H10N4S/c1-6-3-13-8-7(2-10-5-11-8)12-9(13)14-4-6/h2,5-6H,3-4H2,1H3/t6-/m0/s1. The third-order valence-corrected chi connectivity index (χ3v) is 3.67. The fourth-order valence-electron chi connectivity index (χ4n) is 1.71. The highest BCUT2D eigenvalue weighted by molar-refractivity contribution is 7.99. The molecular weight excluding hydrogens is 196 g/mol. The van der Waals surface area contributed by atoms with Crippen molar-refractivity contribution in [1.29, 1.82) is 0 Å². The number of nitrogens with zero attached hydrogens (tertiary/aromatic N) is 4. The van der Waals surface area contributed by atoms with E-state index in [1.54, 1.807) is 24.3 Å². The van der Waals surface area contributed by atoms with Gasteiger partial charge in [0.25, 0.3) is 0 Å². The number of aromatic nitrogens is 4. The first-order valence-corrected chi connectivity index (χ1v) is 5.62. The maximum atomic E-state index is 4.49. The van der Waals surface area contributed by atoms with E-state index in [9.17, 15) is 0 Å². The van der Waals surface area contributed by atoms with Gasteiger partial charge in [-0.15, -0.1) is 0 Å². The zero-order valence-electron chi connectivity index (χ0n) is 7.84. The Morgan fingerprint density at radius 1 is 1.57 bits per heavy atom. The van der Waals surface area contributed by atoms with Gasteiger partial charge in [0, 0.05) is 12.3 Å². The number of fused-ring (bicyclic) bond motifs is 3. The fraction of sp³-hybridized carbons (Fsp3) is 0.444. The SMILES string of the molecule is C[C@@H]1CSc2nc3cncnc3n2C1. The van der Waals surface area contributed by atoms with E-state index in [1.807, 2.05) is 0 Å². The zero-order chi connectivity index (χ0) is 9.54. The van der Waals surface area contributed by atoms with E-state index < -0.39 is 0 Å². The molecule has 0 aromatic carbocycles. The summed E-state index contributed by atoms with van der Waals surface area (Å²) in [5.41, 5.74) is 1.87. The molecule has 0 unspecified atom stereocenters. The van der Waals surface area contributed by atoms with Gasteiger partial charge in [-0.25, -0.2) is 15.0 Å². The molecule has 1 atom stereocenters. The Balaban J connectivity index is 2.25. The lowest BCUT2D eigenvalue weighted by Crippen LogP contribution is -2.16. The summed E-state index contributed by atoms with van der Waals surface area (Å²) in [6, 6.07) is 0. The normalized spacial score (nSPS) is 21.1. The molecule has 1 aliphatic rings. The van der Waals surface area contributed by atoms with Crippen LogP contribution in [-0.2, 0) is 6.54 Å². The fourth-order valence-corrected chi connectivity index (χ4v) is 2.73. The van der Waals surface area contributed by atoms with Crippen molar-refractivity contribution in [2.45, 2.75) is 18.6 Å². The molecule has 3 heterocycles. The van der Waals surface area contributed by atoms with Crippen LogP contribution >= 0.6 is 11.8 Å². The average molecular weight is 206 g/mol. The van der Waals surface area contributed by atoms with E-state index in [1.165, 1.54) is 0 Å². The minimum Gasteiger partial charge on any atom is -0.303 e. The summed E-state index contributed by atoms with van der Waals surface area (Å²) >= 11 is 1.81. The van der Waals surface area contributed by atoms with E-state index in [-0.39, 0.29) is 0 Å². The molecule has 0 radical (unpaired) electrons. The van der Waals surface area contributed by atoms with Gasteiger partial charge in [0.2, 0.25) is 0 Å². The van der Waals surface area contributed by atoms with Gasteiger partial charge in [0.05, 0.1) is 6.20 Å². The number of imidazole rings is 1. The van der Waals surface area contributed by atoms with Crippen LogP contribution < -0.4 is 0 Å². The second-order valence-electron chi connectivity index (χ2n) is 3.65. The van der Waals surface area contributed by atoms with Gasteiger partial charge in [-0.3, -0.25) is 0 Å². The summed E-state index contributed by atoms with van der Waals surface area (Å²) in [7, 11) is 0. The first-order valence-electron chi connectivity index (χ1n) is 4.63. The number of thioether (sulfide) groups is 1. The first kappa shape index (κ1) is 8.23. The molecule has 0 bridgehead atoms. The molecule has 2 aromatic heterocycles. The van der Waals surface area contributed by atoms with Crippen LogP contribution in [0.2, 0.25) is 0 Å². The summed E-state index contributed by atoms with van der Waals surface area (Å²) < 4.78 is 2.19. The summed E-state index contributed by atoms with van der Waals surface area (Å²) in [4.78, 5) is 12.7. The lowest BCUT2D eigenvalue weighted by atomic mass is 10.2. The van der Waals surface area contributed by atoms with Gasteiger partial charge in [-0.05, 0) is 5.92 Å². The van der Waals surface area contributed by atoms with Crippen molar-refractivity contribution in [2.75, 3.05) is 5.75 Å². The molecule has 0 saturated heterocycles. The highest BCUT2D eigenvalue weighted by Gasteiger charge is 2.19. The molecule has 0 fully saturated rings. The quantitative estimate of drug-likeness (QED) is 0.656. The van der Waals surface area contributed by atoms with Crippen LogP contribution in [0.15, 0.2) is 17.7 Å². The molecular formula is C9H10N4S. The van der Waals surface area contributed by atoms with E-state index >= 15 is 0 Å². The Hall–Kier alpha value is -1.10. The smallest absolute Gasteiger partial charge is 0.170 e. The molecule has 0 N–H and O–H groups in total. The summed E-state index contributed by atoms with van der Waals surface area (Å²) in [6.45, 7) is 3.28. The van der Waals surface area contributed by atoms with Gasteiger partial charge < -0.3 is 4.57 Å². The van der Waals surface area contributed by atoms with Gasteiger partial charge in [0.1, 0.15) is 11.8 Å². The van der Waals surface area contributed by atoms with Crippen molar-refractivity contribution in [3.05, 3.63) is 12.5 Å². The first-order chi connectivity index (χ1) is 6.84. The second-order valence-corrected chi connectivity index (χ2v) is 4.64. The highest BCUT2D eigenvalue weighted by Crippen LogP contribution is 2.29. The van der Waals surface area contributed by atoms with Crippen LogP contribution in [0.3, 0.4) is 0 Å². The van der Waals surface area contributed by atoms with Crippen molar-refractivity contribution in [1.82, 2.24) is 19.5 Å². The minimum absolute atomic E-state index is 0.694. The van der Waals surface area contributed by atoms with Crippen molar-refractivity contribution in [2.24, 2.45) is 5.92 Å². The summed E-state index contributed by atoms with van der Waals surface area (Å²) in [5, 5.41) is 1.08. The maximum Gasteiger partial charge on any atom is 0.170 e. The van der Waals surface area contributed by atoms with Crippen molar-refractivity contribution >= 4 is 22.9 Å². The van der Waals surface area contributed by atoms with Crippen LogP contribution in [0, 0.1) is 5.92 Å². The van der Waals surface area contributed by atoms with E-state index in [4.69, 9.17) is 0 Å². The van der Waals surface area contributed by atoms with Gasteiger partial charge in [0.15, 0.2) is 10.8 Å². The molecule has 0 aliphatic carbocycles. The molecule has 0 amide bonds. The molecule has 72 valence electrons. The van der Waals surface area contributed by atoms with Crippen molar-refractivity contribution < 1.29 is 0 Å². The zero-order valence-corrected chi connectivity index (χ0v) is 8.66. The molecule has 5 heteroatoms. The van der Waals surface area contributed by atoms with Gasteiger partial charge in [-0.2, -0.15) is 0 Å². The monoisotopic (exact) mass is 206 g/mol. The molecule has 1 aliphatic heterocycles.